The van der Waals surface area contributed by atoms with E-state index >= 15 is 0 Å². The molecule has 98 valence electrons. The van der Waals surface area contributed by atoms with Crippen LogP contribution in [0.1, 0.15) is 31.9 Å². The Labute approximate surface area is 108 Å². The summed E-state index contributed by atoms with van der Waals surface area (Å²) in [4.78, 5) is 24.4. The lowest BCUT2D eigenvalue weighted by molar-refractivity contribution is -0.142. The van der Waals surface area contributed by atoms with Gasteiger partial charge in [0.25, 0.3) is 0 Å². The zero-order valence-electron chi connectivity index (χ0n) is 11.1. The Kier molecular flexibility index (Phi) is 5.36. The summed E-state index contributed by atoms with van der Waals surface area (Å²) in [6.45, 7) is 3.84. The summed E-state index contributed by atoms with van der Waals surface area (Å²) in [5.41, 5.74) is 1.05. The molecule has 1 aromatic carbocycles. The van der Waals surface area contributed by atoms with Gasteiger partial charge in [0.1, 0.15) is 0 Å². The Hall–Kier alpha value is -1.84. The van der Waals surface area contributed by atoms with Gasteiger partial charge in [-0.05, 0) is 12.5 Å². The van der Waals surface area contributed by atoms with Crippen molar-refractivity contribution in [2.45, 2.75) is 26.3 Å². The molecule has 0 N–H and O–H groups in total. The van der Waals surface area contributed by atoms with Crippen LogP contribution in [0.15, 0.2) is 30.3 Å². The third-order valence-electron chi connectivity index (χ3n) is 2.94. The molecule has 0 fully saturated rings. The van der Waals surface area contributed by atoms with Crippen molar-refractivity contribution in [1.29, 1.82) is 0 Å². The van der Waals surface area contributed by atoms with Gasteiger partial charge in [-0.15, -0.1) is 0 Å². The highest BCUT2D eigenvalue weighted by Gasteiger charge is 2.19. The second-order valence-corrected chi connectivity index (χ2v) is 4.13. The molecule has 0 radical (unpaired) electrons. The van der Waals surface area contributed by atoms with Crippen LogP contribution in [-0.4, -0.2) is 30.4 Å². The average molecular weight is 249 g/mol. The molecule has 0 aliphatic carbocycles. The lowest BCUT2D eigenvalue weighted by Gasteiger charge is -2.28. The highest BCUT2D eigenvalue weighted by molar-refractivity contribution is 5.75. The fourth-order valence-corrected chi connectivity index (χ4v) is 1.85. The number of nitrogens with zero attached hydrogens (tertiary/aromatic N) is 1. The fourth-order valence-electron chi connectivity index (χ4n) is 1.85. The molecule has 0 heterocycles. The van der Waals surface area contributed by atoms with Crippen LogP contribution in [0.4, 0.5) is 0 Å². The smallest absolute Gasteiger partial charge is 0.307 e. The average Bonchev–Trinajstić information content (AvgIpc) is 2.39. The highest BCUT2D eigenvalue weighted by atomic mass is 16.5. The van der Waals surface area contributed by atoms with E-state index in [1.165, 1.54) is 14.0 Å². The molecule has 0 spiro atoms. The minimum absolute atomic E-state index is 0.0461. The van der Waals surface area contributed by atoms with Crippen LogP contribution < -0.4 is 0 Å². The summed E-state index contributed by atoms with van der Waals surface area (Å²) in [5.74, 6) is -0.350. The Morgan fingerprint density at radius 1 is 1.28 bits per heavy atom. The number of ether oxygens (including phenoxy) is 1. The maximum Gasteiger partial charge on any atom is 0.307 e. The molecule has 18 heavy (non-hydrogen) atoms. The third kappa shape index (κ3) is 3.87. The summed E-state index contributed by atoms with van der Waals surface area (Å²) in [5, 5.41) is 0. The van der Waals surface area contributed by atoms with Crippen LogP contribution in [0.2, 0.25) is 0 Å². The molecule has 0 aliphatic heterocycles. The quantitative estimate of drug-likeness (QED) is 0.751. The highest BCUT2D eigenvalue weighted by Crippen LogP contribution is 2.20. The summed E-state index contributed by atoms with van der Waals surface area (Å²) in [7, 11) is 1.35. The molecule has 1 atom stereocenters. The van der Waals surface area contributed by atoms with Crippen molar-refractivity contribution in [3.8, 4) is 0 Å². The number of carbonyl (C=O) groups excluding carboxylic acids is 2. The minimum Gasteiger partial charge on any atom is -0.469 e. The van der Waals surface area contributed by atoms with Crippen LogP contribution in [0.5, 0.6) is 0 Å². The van der Waals surface area contributed by atoms with E-state index in [1.807, 2.05) is 37.3 Å². The molecule has 0 saturated heterocycles. The van der Waals surface area contributed by atoms with Crippen molar-refractivity contribution < 1.29 is 14.3 Å². The van der Waals surface area contributed by atoms with Gasteiger partial charge in [-0.3, -0.25) is 9.59 Å². The van der Waals surface area contributed by atoms with Gasteiger partial charge in [-0.25, -0.2) is 0 Å². The van der Waals surface area contributed by atoms with Gasteiger partial charge in [0.2, 0.25) is 5.91 Å². The molecule has 1 unspecified atom stereocenters. The number of amides is 1. The van der Waals surface area contributed by atoms with Gasteiger partial charge in [-0.2, -0.15) is 0 Å². The SMILES string of the molecule is COC(=O)CCN(C(C)=O)C(C)c1ccccc1. The van der Waals surface area contributed by atoms with Crippen LogP contribution in [0, 0.1) is 0 Å². The van der Waals surface area contributed by atoms with Crippen molar-refractivity contribution in [3.63, 3.8) is 0 Å². The van der Waals surface area contributed by atoms with E-state index in [9.17, 15) is 9.59 Å². The molecule has 0 aromatic heterocycles. The van der Waals surface area contributed by atoms with E-state index in [1.54, 1.807) is 4.90 Å². The maximum atomic E-state index is 11.6. The standard InChI is InChI=1S/C14H19NO3/c1-11(13-7-5-4-6-8-13)15(12(2)16)10-9-14(17)18-3/h4-8,11H,9-10H2,1-3H3. The van der Waals surface area contributed by atoms with Gasteiger partial charge in [0, 0.05) is 13.5 Å². The molecule has 4 nitrogen and oxygen atoms in total. The second kappa shape index (κ2) is 6.79. The first-order valence-corrected chi connectivity index (χ1v) is 5.95. The molecule has 1 amide bonds. The Morgan fingerprint density at radius 2 is 1.89 bits per heavy atom. The van der Waals surface area contributed by atoms with Gasteiger partial charge >= 0.3 is 5.97 Å². The molecule has 0 saturated carbocycles. The molecule has 0 bridgehead atoms. The number of benzene rings is 1. The van der Waals surface area contributed by atoms with E-state index in [0.29, 0.717) is 6.54 Å². The van der Waals surface area contributed by atoms with Crippen LogP contribution in [0.25, 0.3) is 0 Å². The largest absolute Gasteiger partial charge is 0.469 e. The van der Waals surface area contributed by atoms with E-state index in [4.69, 9.17) is 0 Å². The van der Waals surface area contributed by atoms with Crippen molar-refractivity contribution in [1.82, 2.24) is 4.90 Å². The van der Waals surface area contributed by atoms with E-state index < -0.39 is 0 Å². The first kappa shape index (κ1) is 14.2. The summed E-state index contributed by atoms with van der Waals surface area (Å²) >= 11 is 0. The summed E-state index contributed by atoms with van der Waals surface area (Å²) < 4.78 is 4.59. The zero-order valence-corrected chi connectivity index (χ0v) is 11.1. The second-order valence-electron chi connectivity index (χ2n) is 4.13. The fraction of sp³-hybridized carbons (Fsp3) is 0.429. The molecular weight excluding hydrogens is 230 g/mol. The number of esters is 1. The monoisotopic (exact) mass is 249 g/mol. The first-order chi connectivity index (χ1) is 8.56. The lowest BCUT2D eigenvalue weighted by Crippen LogP contribution is -2.33. The van der Waals surface area contributed by atoms with Crippen LogP contribution >= 0.6 is 0 Å². The van der Waals surface area contributed by atoms with Crippen molar-refractivity contribution in [3.05, 3.63) is 35.9 Å². The lowest BCUT2D eigenvalue weighted by atomic mass is 10.1. The number of methoxy groups -OCH3 is 1. The normalized spacial score (nSPS) is 11.7. The Balaban J connectivity index is 2.73. The molecule has 0 aliphatic rings. The van der Waals surface area contributed by atoms with Crippen molar-refractivity contribution in [2.24, 2.45) is 0 Å². The van der Waals surface area contributed by atoms with Crippen LogP contribution in [-0.2, 0) is 14.3 Å². The predicted octanol–water partition coefficient (Wildman–Crippen LogP) is 2.16. The molecule has 4 heteroatoms. The maximum absolute atomic E-state index is 11.6. The number of hydrogen-bond acceptors (Lipinski definition) is 3. The van der Waals surface area contributed by atoms with Crippen molar-refractivity contribution >= 4 is 11.9 Å². The predicted molar refractivity (Wildman–Crippen MR) is 68.9 cm³/mol. The van der Waals surface area contributed by atoms with Gasteiger partial charge in [0.05, 0.1) is 19.6 Å². The minimum atomic E-state index is -0.304. The number of carbonyl (C=O) groups is 2. The van der Waals surface area contributed by atoms with E-state index in [0.717, 1.165) is 5.56 Å². The van der Waals surface area contributed by atoms with Gasteiger partial charge < -0.3 is 9.64 Å². The van der Waals surface area contributed by atoms with E-state index in [2.05, 4.69) is 4.74 Å². The number of rotatable bonds is 5. The summed E-state index contributed by atoms with van der Waals surface area (Å²) in [6.07, 6.45) is 0.216. The van der Waals surface area contributed by atoms with E-state index in [-0.39, 0.29) is 24.3 Å². The van der Waals surface area contributed by atoms with Gasteiger partial charge in [0.15, 0.2) is 0 Å². The topological polar surface area (TPSA) is 46.6 Å². The molecule has 1 aromatic rings. The zero-order chi connectivity index (χ0) is 13.5. The van der Waals surface area contributed by atoms with Gasteiger partial charge in [-0.1, -0.05) is 30.3 Å². The number of hydrogen-bond donors (Lipinski definition) is 0. The first-order valence-electron chi connectivity index (χ1n) is 5.95. The molecular formula is C14H19NO3. The third-order valence-corrected chi connectivity index (χ3v) is 2.94. The van der Waals surface area contributed by atoms with Crippen molar-refractivity contribution in [2.75, 3.05) is 13.7 Å². The van der Waals surface area contributed by atoms with Crippen LogP contribution in [0.3, 0.4) is 0 Å². The Morgan fingerprint density at radius 3 is 2.39 bits per heavy atom. The Bertz CT molecular complexity index is 403. The summed E-state index contributed by atoms with van der Waals surface area (Å²) in [6, 6.07) is 9.70. The molecule has 1 rings (SSSR count).